The fraction of sp³-hybridized carbons (Fsp3) is 0.417. The molecule has 16 heavy (non-hydrogen) atoms. The average molecular weight is 303 g/mol. The van der Waals surface area contributed by atoms with Crippen molar-refractivity contribution >= 4 is 39.1 Å². The quantitative estimate of drug-likeness (QED) is 0.767. The van der Waals surface area contributed by atoms with E-state index in [1.807, 2.05) is 30.0 Å². The van der Waals surface area contributed by atoms with Crippen molar-refractivity contribution in [2.24, 2.45) is 5.92 Å². The second kappa shape index (κ2) is 4.76. The van der Waals surface area contributed by atoms with E-state index in [1.165, 1.54) is 0 Å². The molecule has 0 saturated carbocycles. The fourth-order valence-corrected chi connectivity index (χ4v) is 2.61. The Hall–Kier alpha value is -0.540. The molecule has 86 valence electrons. The molecule has 0 radical (unpaired) electrons. The smallest absolute Gasteiger partial charge is 0.227 e. The van der Waals surface area contributed by atoms with Gasteiger partial charge in [-0.3, -0.25) is 4.79 Å². The molecular formula is C12H13BrClNO. The normalized spacial score (nSPS) is 20.6. The maximum Gasteiger partial charge on any atom is 0.227 e. The number of carbonyl (C=O) groups excluding carboxylic acids is 1. The second-order valence-corrected chi connectivity index (χ2v) is 5.17. The summed E-state index contributed by atoms with van der Waals surface area (Å²) in [5.74, 6) is 0.598. The molecule has 1 aromatic rings. The minimum Gasteiger partial charge on any atom is -0.312 e. The highest BCUT2D eigenvalue weighted by molar-refractivity contribution is 9.09. The lowest BCUT2D eigenvalue weighted by atomic mass is 10.1. The number of hydrogen-bond acceptors (Lipinski definition) is 1. The predicted molar refractivity (Wildman–Crippen MR) is 70.4 cm³/mol. The van der Waals surface area contributed by atoms with E-state index in [0.29, 0.717) is 17.4 Å². The Labute approximate surface area is 109 Å². The average Bonchev–Trinajstić information content (AvgIpc) is 2.64. The van der Waals surface area contributed by atoms with Gasteiger partial charge in [0.05, 0.1) is 0 Å². The van der Waals surface area contributed by atoms with E-state index in [2.05, 4.69) is 15.9 Å². The summed E-state index contributed by atoms with van der Waals surface area (Å²) in [5, 5.41) is 1.59. The van der Waals surface area contributed by atoms with E-state index in [0.717, 1.165) is 23.1 Å². The predicted octanol–water partition coefficient (Wildman–Crippen LogP) is 3.40. The Kier molecular flexibility index (Phi) is 3.55. The molecule has 0 bridgehead atoms. The summed E-state index contributed by atoms with van der Waals surface area (Å²) in [6, 6.07) is 5.69. The molecule has 0 spiro atoms. The van der Waals surface area contributed by atoms with Gasteiger partial charge >= 0.3 is 0 Å². The van der Waals surface area contributed by atoms with Crippen molar-refractivity contribution in [2.45, 2.75) is 13.3 Å². The summed E-state index contributed by atoms with van der Waals surface area (Å²) in [7, 11) is 0. The van der Waals surface area contributed by atoms with Crippen LogP contribution in [-0.2, 0) is 4.79 Å². The van der Waals surface area contributed by atoms with Crippen LogP contribution in [-0.4, -0.2) is 17.8 Å². The molecule has 2 rings (SSSR count). The lowest BCUT2D eigenvalue weighted by molar-refractivity contribution is -0.117. The van der Waals surface area contributed by atoms with Gasteiger partial charge in [-0.2, -0.15) is 0 Å². The highest BCUT2D eigenvalue weighted by atomic mass is 79.9. The Bertz CT molecular complexity index is 421. The molecule has 2 nitrogen and oxygen atoms in total. The monoisotopic (exact) mass is 301 g/mol. The van der Waals surface area contributed by atoms with E-state index < -0.39 is 0 Å². The SMILES string of the molecule is Cc1c(Cl)cccc1N1CC(CBr)CC1=O. The van der Waals surface area contributed by atoms with Crippen molar-refractivity contribution in [3.63, 3.8) is 0 Å². The van der Waals surface area contributed by atoms with Gasteiger partial charge in [-0.05, 0) is 30.5 Å². The van der Waals surface area contributed by atoms with Gasteiger partial charge < -0.3 is 4.90 Å². The Morgan fingerprint density at radius 1 is 1.56 bits per heavy atom. The van der Waals surface area contributed by atoms with Gasteiger partial charge in [-0.1, -0.05) is 33.6 Å². The van der Waals surface area contributed by atoms with E-state index in [1.54, 1.807) is 0 Å². The number of anilines is 1. The standard InChI is InChI=1S/C12H13BrClNO/c1-8-10(14)3-2-4-11(8)15-7-9(6-13)5-12(15)16/h2-4,9H,5-7H2,1H3. The van der Waals surface area contributed by atoms with Crippen LogP contribution in [0.15, 0.2) is 18.2 Å². The summed E-state index contributed by atoms with van der Waals surface area (Å²) in [5.41, 5.74) is 1.92. The van der Waals surface area contributed by atoms with Crippen molar-refractivity contribution in [2.75, 3.05) is 16.8 Å². The van der Waals surface area contributed by atoms with Crippen LogP contribution in [0, 0.1) is 12.8 Å². The first-order valence-electron chi connectivity index (χ1n) is 5.25. The van der Waals surface area contributed by atoms with Gasteiger partial charge in [-0.25, -0.2) is 0 Å². The number of halogens is 2. The number of benzene rings is 1. The van der Waals surface area contributed by atoms with Crippen molar-refractivity contribution in [1.29, 1.82) is 0 Å². The summed E-state index contributed by atoms with van der Waals surface area (Å²) in [6.07, 6.45) is 0.622. The maximum atomic E-state index is 11.9. The number of rotatable bonds is 2. The van der Waals surface area contributed by atoms with Crippen molar-refractivity contribution in [3.05, 3.63) is 28.8 Å². The van der Waals surface area contributed by atoms with Crippen molar-refractivity contribution in [3.8, 4) is 0 Å². The third kappa shape index (κ3) is 2.11. The van der Waals surface area contributed by atoms with E-state index >= 15 is 0 Å². The molecule has 1 aliphatic rings. The Morgan fingerprint density at radius 3 is 2.94 bits per heavy atom. The lowest BCUT2D eigenvalue weighted by Crippen LogP contribution is -2.25. The molecule has 1 amide bonds. The molecular weight excluding hydrogens is 289 g/mol. The van der Waals surface area contributed by atoms with Crippen LogP contribution in [0.25, 0.3) is 0 Å². The highest BCUT2D eigenvalue weighted by Gasteiger charge is 2.30. The van der Waals surface area contributed by atoms with Gasteiger partial charge in [0, 0.05) is 29.0 Å². The Balaban J connectivity index is 2.31. The van der Waals surface area contributed by atoms with Gasteiger partial charge in [0.1, 0.15) is 0 Å². The van der Waals surface area contributed by atoms with E-state index in [9.17, 15) is 4.79 Å². The van der Waals surface area contributed by atoms with Crippen molar-refractivity contribution < 1.29 is 4.79 Å². The molecule has 1 fully saturated rings. The van der Waals surface area contributed by atoms with Crippen LogP contribution in [0.1, 0.15) is 12.0 Å². The molecule has 0 aliphatic carbocycles. The number of alkyl halides is 1. The van der Waals surface area contributed by atoms with Crippen LogP contribution in [0.2, 0.25) is 5.02 Å². The van der Waals surface area contributed by atoms with Gasteiger partial charge in [0.25, 0.3) is 0 Å². The van der Waals surface area contributed by atoms with Crippen molar-refractivity contribution in [1.82, 2.24) is 0 Å². The van der Waals surface area contributed by atoms with E-state index in [-0.39, 0.29) is 5.91 Å². The fourth-order valence-electron chi connectivity index (χ4n) is 2.01. The summed E-state index contributed by atoms with van der Waals surface area (Å²) in [6.45, 7) is 2.73. The number of carbonyl (C=O) groups is 1. The first-order valence-corrected chi connectivity index (χ1v) is 6.75. The van der Waals surface area contributed by atoms with Crippen LogP contribution >= 0.6 is 27.5 Å². The first kappa shape index (κ1) is 11.9. The molecule has 4 heteroatoms. The summed E-state index contributed by atoms with van der Waals surface area (Å²) < 4.78 is 0. The highest BCUT2D eigenvalue weighted by Crippen LogP contribution is 2.31. The molecule has 1 saturated heterocycles. The third-order valence-corrected chi connectivity index (χ3v) is 4.28. The first-order chi connectivity index (χ1) is 7.63. The van der Waals surface area contributed by atoms with Crippen LogP contribution in [0.3, 0.4) is 0 Å². The third-order valence-electron chi connectivity index (χ3n) is 2.95. The van der Waals surface area contributed by atoms with E-state index in [4.69, 9.17) is 11.6 Å². The number of amides is 1. The van der Waals surface area contributed by atoms with Crippen LogP contribution in [0.4, 0.5) is 5.69 Å². The van der Waals surface area contributed by atoms with Gasteiger partial charge in [-0.15, -0.1) is 0 Å². The second-order valence-electron chi connectivity index (χ2n) is 4.11. The molecule has 0 aromatic heterocycles. The molecule has 1 unspecified atom stereocenters. The minimum atomic E-state index is 0.190. The largest absolute Gasteiger partial charge is 0.312 e. The Morgan fingerprint density at radius 2 is 2.31 bits per heavy atom. The summed E-state index contributed by atoms with van der Waals surface area (Å²) in [4.78, 5) is 13.7. The van der Waals surface area contributed by atoms with Crippen LogP contribution in [0.5, 0.6) is 0 Å². The number of hydrogen-bond donors (Lipinski definition) is 0. The molecule has 1 atom stereocenters. The summed E-state index contributed by atoms with van der Waals surface area (Å²) >= 11 is 9.49. The lowest BCUT2D eigenvalue weighted by Gasteiger charge is -2.19. The molecule has 1 aromatic carbocycles. The zero-order valence-electron chi connectivity index (χ0n) is 9.04. The minimum absolute atomic E-state index is 0.190. The maximum absolute atomic E-state index is 11.9. The topological polar surface area (TPSA) is 20.3 Å². The molecule has 0 N–H and O–H groups in total. The molecule has 1 heterocycles. The van der Waals surface area contributed by atoms with Crippen LogP contribution < -0.4 is 4.90 Å². The zero-order valence-corrected chi connectivity index (χ0v) is 11.4. The zero-order chi connectivity index (χ0) is 11.7. The number of nitrogens with zero attached hydrogens (tertiary/aromatic N) is 1. The molecule has 1 aliphatic heterocycles. The van der Waals surface area contributed by atoms with Gasteiger partial charge in [0.15, 0.2) is 0 Å². The van der Waals surface area contributed by atoms with Gasteiger partial charge in [0.2, 0.25) is 5.91 Å².